The average molecular weight is 467 g/mol. The zero-order chi connectivity index (χ0) is 24.1. The van der Waals surface area contributed by atoms with Crippen LogP contribution in [0.2, 0.25) is 0 Å². The predicted octanol–water partition coefficient (Wildman–Crippen LogP) is 4.82. The minimum atomic E-state index is -0.408. The number of piperidine rings is 1. The van der Waals surface area contributed by atoms with Crippen molar-refractivity contribution in [2.75, 3.05) is 55.9 Å². The number of methoxy groups -OCH3 is 2. The van der Waals surface area contributed by atoms with Crippen LogP contribution in [0.3, 0.4) is 0 Å². The van der Waals surface area contributed by atoms with Crippen LogP contribution < -0.4 is 25.0 Å². The van der Waals surface area contributed by atoms with Crippen molar-refractivity contribution in [1.82, 2.24) is 4.90 Å². The summed E-state index contributed by atoms with van der Waals surface area (Å²) in [5, 5.41) is 5.68. The number of carbonyl (C=O) groups excluding carboxylic acids is 2. The number of hydrogen-bond acceptors (Lipinski definition) is 5. The maximum absolute atomic E-state index is 13.4. The van der Waals surface area contributed by atoms with Gasteiger partial charge in [0.1, 0.15) is 11.5 Å². The maximum Gasteiger partial charge on any atom is 0.323 e. The molecule has 0 radical (unpaired) electrons. The van der Waals surface area contributed by atoms with Crippen LogP contribution in [0.4, 0.5) is 21.9 Å². The van der Waals surface area contributed by atoms with Gasteiger partial charge in [-0.1, -0.05) is 6.92 Å². The Hall–Kier alpha value is -3.42. The highest BCUT2D eigenvalue weighted by atomic mass is 16.5. The van der Waals surface area contributed by atoms with Gasteiger partial charge in [0.25, 0.3) is 5.91 Å². The van der Waals surface area contributed by atoms with Crippen LogP contribution in [0.25, 0.3) is 0 Å². The first kappa shape index (κ1) is 23.7. The number of nitrogens with one attached hydrogen (secondary N) is 2. The van der Waals surface area contributed by atoms with Crippen LogP contribution in [-0.4, -0.2) is 57.2 Å². The molecule has 0 aliphatic carbocycles. The van der Waals surface area contributed by atoms with Crippen molar-refractivity contribution in [3.05, 3.63) is 42.0 Å². The van der Waals surface area contributed by atoms with Gasteiger partial charge in [-0.25, -0.2) is 4.79 Å². The molecule has 2 heterocycles. The molecule has 2 saturated heterocycles. The van der Waals surface area contributed by atoms with Crippen molar-refractivity contribution < 1.29 is 19.1 Å². The average Bonchev–Trinajstić information content (AvgIpc) is 3.39. The lowest BCUT2D eigenvalue weighted by molar-refractivity contribution is 0.0793. The minimum Gasteiger partial charge on any atom is -0.497 e. The fourth-order valence-corrected chi connectivity index (χ4v) is 4.57. The van der Waals surface area contributed by atoms with Crippen molar-refractivity contribution in [3.8, 4) is 11.5 Å². The van der Waals surface area contributed by atoms with Gasteiger partial charge >= 0.3 is 6.03 Å². The van der Waals surface area contributed by atoms with Gasteiger partial charge in [-0.3, -0.25) is 4.79 Å². The van der Waals surface area contributed by atoms with Crippen LogP contribution in [0, 0.1) is 5.92 Å². The second kappa shape index (κ2) is 10.7. The molecule has 2 aromatic carbocycles. The lowest BCUT2D eigenvalue weighted by atomic mass is 9.97. The lowest BCUT2D eigenvalue weighted by Gasteiger charge is -2.34. The predicted molar refractivity (Wildman–Crippen MR) is 134 cm³/mol. The van der Waals surface area contributed by atoms with Gasteiger partial charge in [-0.15, -0.1) is 0 Å². The Morgan fingerprint density at radius 1 is 0.853 bits per heavy atom. The van der Waals surface area contributed by atoms with Crippen LogP contribution in [0.1, 0.15) is 43.0 Å². The number of amides is 3. The summed E-state index contributed by atoms with van der Waals surface area (Å²) < 4.78 is 10.5. The van der Waals surface area contributed by atoms with Gasteiger partial charge in [-0.05, 0) is 49.8 Å². The largest absolute Gasteiger partial charge is 0.497 e. The molecule has 2 aliphatic rings. The summed E-state index contributed by atoms with van der Waals surface area (Å²) in [5.74, 6) is 1.89. The van der Waals surface area contributed by atoms with Crippen molar-refractivity contribution in [1.29, 1.82) is 0 Å². The molecule has 3 amide bonds. The molecule has 0 spiro atoms. The van der Waals surface area contributed by atoms with Gasteiger partial charge in [0.15, 0.2) is 0 Å². The number of rotatable bonds is 6. The second-order valence-electron chi connectivity index (χ2n) is 9.08. The van der Waals surface area contributed by atoms with Gasteiger partial charge in [0, 0.05) is 61.4 Å². The zero-order valence-electron chi connectivity index (χ0n) is 20.2. The van der Waals surface area contributed by atoms with Gasteiger partial charge in [-0.2, -0.15) is 0 Å². The molecule has 0 atom stereocenters. The Morgan fingerprint density at radius 2 is 1.47 bits per heavy atom. The summed E-state index contributed by atoms with van der Waals surface area (Å²) in [6.45, 7) is 5.71. The van der Waals surface area contributed by atoms with Crippen molar-refractivity contribution >= 4 is 29.0 Å². The SMILES string of the molecule is COc1cc(NC(=O)Nc2ccc(N3CCC(C)CC3)c(C(=O)N3CCCC3)c2)cc(OC)c1. The number of likely N-dealkylation sites (tertiary alicyclic amines) is 1. The van der Waals surface area contributed by atoms with E-state index in [2.05, 4.69) is 22.5 Å². The molecule has 2 fully saturated rings. The van der Waals surface area contributed by atoms with Crippen LogP contribution in [0.5, 0.6) is 11.5 Å². The Bertz CT molecular complexity index is 1010. The third kappa shape index (κ3) is 5.55. The maximum atomic E-state index is 13.4. The number of urea groups is 1. The third-order valence-electron chi connectivity index (χ3n) is 6.61. The van der Waals surface area contributed by atoms with E-state index in [1.165, 1.54) is 0 Å². The van der Waals surface area contributed by atoms with E-state index in [9.17, 15) is 9.59 Å². The number of anilines is 3. The molecule has 0 unspecified atom stereocenters. The molecule has 2 aliphatic heterocycles. The third-order valence-corrected chi connectivity index (χ3v) is 6.61. The molecule has 2 aromatic rings. The zero-order valence-corrected chi connectivity index (χ0v) is 20.2. The number of hydrogen-bond donors (Lipinski definition) is 2. The minimum absolute atomic E-state index is 0.0349. The number of nitrogens with zero attached hydrogens (tertiary/aromatic N) is 2. The van der Waals surface area contributed by atoms with E-state index < -0.39 is 6.03 Å². The Kier molecular flexibility index (Phi) is 7.45. The van der Waals surface area contributed by atoms with Crippen LogP contribution in [0.15, 0.2) is 36.4 Å². The monoisotopic (exact) mass is 466 g/mol. The molecule has 8 nitrogen and oxygen atoms in total. The fraction of sp³-hybridized carbons (Fsp3) is 0.462. The summed E-state index contributed by atoms with van der Waals surface area (Å²) >= 11 is 0. The van der Waals surface area contributed by atoms with E-state index >= 15 is 0 Å². The highest BCUT2D eigenvalue weighted by molar-refractivity contribution is 6.04. The Balaban J connectivity index is 1.54. The molecular formula is C26H34N4O4. The lowest BCUT2D eigenvalue weighted by Crippen LogP contribution is -2.35. The summed E-state index contributed by atoms with van der Waals surface area (Å²) in [5.41, 5.74) is 2.72. The molecule has 2 N–H and O–H groups in total. The smallest absolute Gasteiger partial charge is 0.323 e. The molecule has 4 rings (SSSR count). The molecule has 0 saturated carbocycles. The van der Waals surface area contributed by atoms with E-state index in [-0.39, 0.29) is 5.91 Å². The first-order valence-electron chi connectivity index (χ1n) is 12.0. The molecule has 8 heteroatoms. The van der Waals surface area contributed by atoms with Crippen LogP contribution >= 0.6 is 0 Å². The summed E-state index contributed by atoms with van der Waals surface area (Å²) in [7, 11) is 3.12. The highest BCUT2D eigenvalue weighted by Gasteiger charge is 2.26. The summed E-state index contributed by atoms with van der Waals surface area (Å²) in [4.78, 5) is 30.3. The molecule has 0 bridgehead atoms. The standard InChI is InChI=1S/C26H34N4O4/c1-18-8-12-29(13-9-18)24-7-6-19(16-23(24)25(31)30-10-4-5-11-30)27-26(32)28-20-14-21(33-2)17-22(15-20)34-3/h6-7,14-18H,4-5,8-13H2,1-3H3,(H2,27,28,32). The normalized spacial score (nSPS) is 16.3. The molecular weight excluding hydrogens is 432 g/mol. The quantitative estimate of drug-likeness (QED) is 0.638. The van der Waals surface area contributed by atoms with Crippen molar-refractivity contribution in [3.63, 3.8) is 0 Å². The summed E-state index contributed by atoms with van der Waals surface area (Å²) in [6.07, 6.45) is 4.30. The number of benzene rings is 2. The van der Waals surface area contributed by atoms with Gasteiger partial charge in [0.2, 0.25) is 0 Å². The highest BCUT2D eigenvalue weighted by Crippen LogP contribution is 2.31. The number of carbonyl (C=O) groups is 2. The van der Waals surface area contributed by atoms with E-state index in [0.29, 0.717) is 34.4 Å². The van der Waals surface area contributed by atoms with Gasteiger partial charge in [0.05, 0.1) is 19.8 Å². The van der Waals surface area contributed by atoms with E-state index in [0.717, 1.165) is 57.5 Å². The van der Waals surface area contributed by atoms with Crippen molar-refractivity contribution in [2.45, 2.75) is 32.6 Å². The Morgan fingerprint density at radius 3 is 2.09 bits per heavy atom. The molecule has 0 aromatic heterocycles. The Labute approximate surface area is 201 Å². The molecule has 34 heavy (non-hydrogen) atoms. The van der Waals surface area contributed by atoms with Crippen molar-refractivity contribution in [2.24, 2.45) is 5.92 Å². The van der Waals surface area contributed by atoms with E-state index in [1.54, 1.807) is 38.5 Å². The first-order valence-corrected chi connectivity index (χ1v) is 12.0. The number of ether oxygens (including phenoxy) is 2. The topological polar surface area (TPSA) is 83.1 Å². The first-order chi connectivity index (χ1) is 16.5. The van der Waals surface area contributed by atoms with Gasteiger partial charge < -0.3 is 29.9 Å². The fourth-order valence-electron chi connectivity index (χ4n) is 4.57. The van der Waals surface area contributed by atoms with Crippen LogP contribution in [-0.2, 0) is 0 Å². The summed E-state index contributed by atoms with van der Waals surface area (Å²) in [6, 6.07) is 10.4. The molecule has 182 valence electrons. The second-order valence-corrected chi connectivity index (χ2v) is 9.08. The van der Waals surface area contributed by atoms with E-state index in [1.807, 2.05) is 17.0 Å². The van der Waals surface area contributed by atoms with E-state index in [4.69, 9.17) is 9.47 Å².